The summed E-state index contributed by atoms with van der Waals surface area (Å²) < 4.78 is 66.0. The van der Waals surface area contributed by atoms with Crippen molar-refractivity contribution in [1.82, 2.24) is 20.2 Å². The van der Waals surface area contributed by atoms with Gasteiger partial charge in [0.2, 0.25) is 0 Å². The lowest BCUT2D eigenvalue weighted by atomic mass is 9.79. The predicted molar refractivity (Wildman–Crippen MR) is 126 cm³/mol. The second kappa shape index (κ2) is 9.56. The average Bonchev–Trinajstić information content (AvgIpc) is 3.63. The van der Waals surface area contributed by atoms with Gasteiger partial charge in [-0.15, -0.1) is 16.9 Å². The smallest absolute Gasteiger partial charge is 0.453 e. The first-order chi connectivity index (χ1) is 17.7. The number of ether oxygens (including phenoxy) is 2. The molecule has 1 saturated carbocycles. The van der Waals surface area contributed by atoms with Gasteiger partial charge in [0.1, 0.15) is 5.82 Å². The molecular formula is C25H22F4N4O3S. The van der Waals surface area contributed by atoms with E-state index in [0.717, 1.165) is 16.0 Å². The summed E-state index contributed by atoms with van der Waals surface area (Å²) in [5, 5.41) is 9.88. The van der Waals surface area contributed by atoms with Crippen molar-refractivity contribution in [2.75, 3.05) is 20.0 Å². The molecule has 1 unspecified atom stereocenters. The number of nitrogens with zero attached hydrogens (tertiary/aromatic N) is 4. The van der Waals surface area contributed by atoms with E-state index in [1.165, 1.54) is 37.1 Å². The highest BCUT2D eigenvalue weighted by Gasteiger charge is 2.54. The number of tetrazole rings is 1. The zero-order valence-corrected chi connectivity index (χ0v) is 20.6. The molecular weight excluding hydrogens is 512 g/mol. The number of rotatable bonds is 5. The highest BCUT2D eigenvalue weighted by atomic mass is 32.2. The van der Waals surface area contributed by atoms with Crippen LogP contribution in [0, 0.1) is 11.7 Å². The molecule has 5 rings (SSSR count). The van der Waals surface area contributed by atoms with Crippen molar-refractivity contribution in [1.29, 1.82) is 0 Å². The third-order valence-corrected chi connectivity index (χ3v) is 7.72. The molecule has 0 saturated heterocycles. The van der Waals surface area contributed by atoms with Crippen molar-refractivity contribution in [2.24, 2.45) is 5.92 Å². The largest absolute Gasteiger partial charge is 0.469 e. The molecule has 1 aliphatic heterocycles. The minimum atomic E-state index is -4.73. The molecule has 3 atom stereocenters. The van der Waals surface area contributed by atoms with Crippen LogP contribution in [0.5, 0.6) is 0 Å². The minimum absolute atomic E-state index is 0.154. The van der Waals surface area contributed by atoms with E-state index in [1.807, 2.05) is 12.3 Å². The molecule has 12 heteroatoms. The highest BCUT2D eigenvalue weighted by molar-refractivity contribution is 7.98. The first kappa shape index (κ1) is 25.4. The molecule has 1 aromatic heterocycles. The monoisotopic (exact) mass is 534 g/mol. The summed E-state index contributed by atoms with van der Waals surface area (Å²) in [5.41, 5.74) is 1.49. The lowest BCUT2D eigenvalue weighted by Crippen LogP contribution is -2.34. The van der Waals surface area contributed by atoms with Crippen LogP contribution in [0.2, 0.25) is 0 Å². The van der Waals surface area contributed by atoms with Crippen LogP contribution in [0.3, 0.4) is 0 Å². The Kier molecular flexibility index (Phi) is 6.57. The van der Waals surface area contributed by atoms with Crippen LogP contribution in [-0.4, -0.2) is 51.8 Å². The maximum absolute atomic E-state index is 13.7. The van der Waals surface area contributed by atoms with Crippen LogP contribution in [0.1, 0.15) is 35.7 Å². The number of thioether (sulfide) groups is 1. The Hall–Kier alpha value is -3.25. The van der Waals surface area contributed by atoms with Crippen molar-refractivity contribution in [3.8, 4) is 5.69 Å². The first-order valence-electron chi connectivity index (χ1n) is 11.4. The summed E-state index contributed by atoms with van der Waals surface area (Å²) in [5.74, 6) is -2.90. The Labute approximate surface area is 213 Å². The molecule has 0 radical (unpaired) electrons. The highest BCUT2D eigenvalue weighted by Crippen LogP contribution is 2.54. The SMILES string of the molecule is COC(=O)C1CC[C@@]2(C=C(c3cc(-n4nnnc4C(F)(F)F)ccc3SC)CO2)[C@@H]1c1ccc(F)cc1. The van der Waals surface area contributed by atoms with Crippen molar-refractivity contribution >= 4 is 23.3 Å². The second-order valence-electron chi connectivity index (χ2n) is 8.91. The third-order valence-electron chi connectivity index (χ3n) is 6.92. The summed E-state index contributed by atoms with van der Waals surface area (Å²) in [6, 6.07) is 10.8. The summed E-state index contributed by atoms with van der Waals surface area (Å²) in [4.78, 5) is 13.5. The zero-order valence-electron chi connectivity index (χ0n) is 19.8. The van der Waals surface area contributed by atoms with E-state index in [1.54, 1.807) is 24.3 Å². The maximum Gasteiger partial charge on any atom is 0.453 e. The lowest BCUT2D eigenvalue weighted by Gasteiger charge is -2.31. The van der Waals surface area contributed by atoms with Gasteiger partial charge in [0.05, 0.1) is 30.9 Å². The van der Waals surface area contributed by atoms with Crippen molar-refractivity contribution in [3.05, 3.63) is 71.3 Å². The molecule has 194 valence electrons. The number of benzene rings is 2. The first-order valence-corrected chi connectivity index (χ1v) is 12.6. The molecule has 2 heterocycles. The Morgan fingerprint density at radius 2 is 1.97 bits per heavy atom. The van der Waals surface area contributed by atoms with Crippen LogP contribution in [0.25, 0.3) is 11.3 Å². The number of carbonyl (C=O) groups is 1. The third kappa shape index (κ3) is 4.52. The molecule has 7 nitrogen and oxygen atoms in total. The molecule has 0 N–H and O–H groups in total. The number of esters is 1. The Morgan fingerprint density at radius 1 is 1.22 bits per heavy atom. The standard InChI is InChI=1S/C25H22F4N4O3S/c1-35-22(34)18-9-10-24(21(18)14-3-5-16(26)6-4-14)12-15(13-36-24)19-11-17(7-8-20(19)37-2)33-23(25(27,28)29)30-31-32-33/h3-8,11-12,18,21H,9-10,13H2,1-2H3/t18?,21-,24-/m1/s1. The van der Waals surface area contributed by atoms with Gasteiger partial charge >= 0.3 is 12.1 Å². The summed E-state index contributed by atoms with van der Waals surface area (Å²) >= 11 is 1.44. The summed E-state index contributed by atoms with van der Waals surface area (Å²) in [6.45, 7) is 0.185. The van der Waals surface area contributed by atoms with Crippen LogP contribution in [0.4, 0.5) is 17.6 Å². The maximum atomic E-state index is 13.7. The average molecular weight is 535 g/mol. The number of carbonyl (C=O) groups excluding carboxylic acids is 1. The van der Waals surface area contributed by atoms with E-state index in [2.05, 4.69) is 15.5 Å². The molecule has 2 aromatic carbocycles. The van der Waals surface area contributed by atoms with Gasteiger partial charge in [-0.2, -0.15) is 17.9 Å². The van der Waals surface area contributed by atoms with E-state index in [0.29, 0.717) is 23.1 Å². The fraction of sp³-hybridized carbons (Fsp3) is 0.360. The number of hydrogen-bond acceptors (Lipinski definition) is 7. The predicted octanol–water partition coefficient (Wildman–Crippen LogP) is 5.06. The lowest BCUT2D eigenvalue weighted by molar-refractivity contribution is -0.147. The number of hydrogen-bond donors (Lipinski definition) is 0. The minimum Gasteiger partial charge on any atom is -0.469 e. The van der Waals surface area contributed by atoms with Crippen LogP contribution < -0.4 is 0 Å². The van der Waals surface area contributed by atoms with Gasteiger partial charge in [0.15, 0.2) is 0 Å². The molecule has 3 aromatic rings. The summed E-state index contributed by atoms with van der Waals surface area (Å²) in [7, 11) is 1.33. The fourth-order valence-corrected chi connectivity index (χ4v) is 5.93. The second-order valence-corrected chi connectivity index (χ2v) is 9.76. The number of alkyl halides is 3. The van der Waals surface area contributed by atoms with E-state index < -0.39 is 35.3 Å². The molecule has 0 amide bonds. The van der Waals surface area contributed by atoms with Crippen LogP contribution in [-0.2, 0) is 20.4 Å². The van der Waals surface area contributed by atoms with Crippen molar-refractivity contribution < 1.29 is 31.8 Å². The number of methoxy groups -OCH3 is 1. The van der Waals surface area contributed by atoms with Crippen molar-refractivity contribution in [2.45, 2.75) is 35.4 Å². The van der Waals surface area contributed by atoms with Gasteiger partial charge in [-0.05, 0) is 82.6 Å². The van der Waals surface area contributed by atoms with E-state index in [4.69, 9.17) is 9.47 Å². The van der Waals surface area contributed by atoms with Gasteiger partial charge in [-0.3, -0.25) is 4.79 Å². The van der Waals surface area contributed by atoms with Crippen LogP contribution in [0.15, 0.2) is 53.4 Å². The van der Waals surface area contributed by atoms with Gasteiger partial charge < -0.3 is 9.47 Å². The molecule has 1 spiro atoms. The molecule has 37 heavy (non-hydrogen) atoms. The number of aromatic nitrogens is 4. The van der Waals surface area contributed by atoms with Gasteiger partial charge in [0.25, 0.3) is 5.82 Å². The normalized spacial score (nSPS) is 23.5. The van der Waals surface area contributed by atoms with E-state index in [-0.39, 0.29) is 18.3 Å². The molecule has 0 bridgehead atoms. The molecule has 1 aliphatic carbocycles. The molecule has 1 fully saturated rings. The van der Waals surface area contributed by atoms with E-state index >= 15 is 0 Å². The van der Waals surface area contributed by atoms with Crippen molar-refractivity contribution in [3.63, 3.8) is 0 Å². The Morgan fingerprint density at radius 3 is 2.65 bits per heavy atom. The van der Waals surface area contributed by atoms with Gasteiger partial charge in [0, 0.05) is 10.8 Å². The fourth-order valence-electron chi connectivity index (χ4n) is 5.32. The number of halogens is 4. The quantitative estimate of drug-likeness (QED) is 0.257. The van der Waals surface area contributed by atoms with Crippen LogP contribution >= 0.6 is 11.8 Å². The summed E-state index contributed by atoms with van der Waals surface area (Å²) in [6.07, 6.45) is 0.127. The zero-order chi connectivity index (χ0) is 26.4. The Bertz CT molecular complexity index is 1360. The van der Waals surface area contributed by atoms with Gasteiger partial charge in [-0.1, -0.05) is 12.1 Å². The topological polar surface area (TPSA) is 79.1 Å². The molecule has 2 aliphatic rings. The Balaban J connectivity index is 1.58. The van der Waals surface area contributed by atoms with Gasteiger partial charge in [-0.25, -0.2) is 4.39 Å². The van der Waals surface area contributed by atoms with E-state index in [9.17, 15) is 22.4 Å².